The number of para-hydroxylation sites is 1. The third-order valence-electron chi connectivity index (χ3n) is 5.02. The first-order valence-electron chi connectivity index (χ1n) is 9.48. The van der Waals surface area contributed by atoms with Gasteiger partial charge in [0.25, 0.3) is 5.56 Å². The molecule has 150 valence electrons. The largest absolute Gasteiger partial charge is 0.495 e. The van der Waals surface area contributed by atoms with Crippen molar-refractivity contribution in [2.45, 2.75) is 33.2 Å². The van der Waals surface area contributed by atoms with Crippen molar-refractivity contribution in [2.75, 3.05) is 12.4 Å². The molecule has 2 aromatic carbocycles. The number of methoxy groups -OCH3 is 1. The van der Waals surface area contributed by atoms with Crippen LogP contribution >= 0.6 is 0 Å². The molecule has 1 unspecified atom stereocenters. The topological polar surface area (TPSA) is 77.4 Å². The zero-order valence-electron chi connectivity index (χ0n) is 17.0. The third-order valence-corrected chi connectivity index (χ3v) is 5.02. The number of amides is 1. The molecule has 1 N–H and O–H groups in total. The van der Waals surface area contributed by atoms with E-state index in [9.17, 15) is 14.4 Å². The molecule has 0 fully saturated rings. The van der Waals surface area contributed by atoms with Crippen LogP contribution in [0.4, 0.5) is 5.69 Å². The normalized spacial score (nSPS) is 11.9. The molecule has 0 aliphatic heterocycles. The van der Waals surface area contributed by atoms with Gasteiger partial charge in [-0.3, -0.25) is 19.0 Å². The maximum absolute atomic E-state index is 13.1. The van der Waals surface area contributed by atoms with E-state index in [1.165, 1.54) is 11.5 Å². The Morgan fingerprint density at radius 2 is 1.83 bits per heavy atom. The number of fused-ring (bicyclic) bond motifs is 1. The van der Waals surface area contributed by atoms with Gasteiger partial charge in [-0.05, 0) is 56.2 Å². The van der Waals surface area contributed by atoms with Gasteiger partial charge >= 0.3 is 0 Å². The minimum Gasteiger partial charge on any atom is -0.495 e. The molecular weight excluding hydrogens is 368 g/mol. The monoisotopic (exact) mass is 392 g/mol. The number of nitrogens with one attached hydrogen (secondary N) is 1. The third kappa shape index (κ3) is 3.92. The van der Waals surface area contributed by atoms with Gasteiger partial charge in [0.2, 0.25) is 5.91 Å². The van der Waals surface area contributed by atoms with Gasteiger partial charge in [0.05, 0.1) is 12.6 Å². The van der Waals surface area contributed by atoms with E-state index in [2.05, 4.69) is 5.32 Å². The zero-order valence-corrected chi connectivity index (χ0v) is 17.0. The second-order valence-electron chi connectivity index (χ2n) is 6.94. The lowest BCUT2D eigenvalue weighted by Crippen LogP contribution is -2.33. The number of Topliss-reactive ketones (excluding diaryl/α,β-unsaturated/α-hetero) is 1. The number of aryl methyl sites for hydroxylation is 1. The Hall–Kier alpha value is -3.41. The summed E-state index contributed by atoms with van der Waals surface area (Å²) in [4.78, 5) is 37.4. The average Bonchev–Trinajstić information content (AvgIpc) is 2.70. The number of hydrogen-bond acceptors (Lipinski definition) is 4. The maximum atomic E-state index is 13.1. The highest BCUT2D eigenvalue weighted by molar-refractivity contribution is 5.97. The standard InChI is InChI=1S/C23H24N2O4/c1-5-19(23(28)24-17-11-9-16(10-12-17)15(3)26)25-21(27)13-14(2)18-7-6-8-20(29-4)22(18)25/h6-13,19H,5H2,1-4H3,(H,24,28). The van der Waals surface area contributed by atoms with Crippen LogP contribution in [0.25, 0.3) is 10.9 Å². The number of rotatable bonds is 6. The summed E-state index contributed by atoms with van der Waals surface area (Å²) in [7, 11) is 1.55. The highest BCUT2D eigenvalue weighted by atomic mass is 16.5. The van der Waals surface area contributed by atoms with Crippen LogP contribution in [-0.2, 0) is 4.79 Å². The van der Waals surface area contributed by atoms with E-state index in [1.54, 1.807) is 43.5 Å². The lowest BCUT2D eigenvalue weighted by molar-refractivity contribution is -0.119. The van der Waals surface area contributed by atoms with Gasteiger partial charge in [-0.15, -0.1) is 0 Å². The summed E-state index contributed by atoms with van der Waals surface area (Å²) in [5.41, 5.74) is 2.31. The number of aromatic nitrogens is 1. The molecule has 0 aliphatic rings. The van der Waals surface area contributed by atoms with E-state index in [0.717, 1.165) is 10.9 Å². The van der Waals surface area contributed by atoms with Crippen LogP contribution in [0.3, 0.4) is 0 Å². The van der Waals surface area contributed by atoms with Gasteiger partial charge in [-0.25, -0.2) is 0 Å². The van der Waals surface area contributed by atoms with Crippen LogP contribution in [0.2, 0.25) is 0 Å². The van der Waals surface area contributed by atoms with E-state index >= 15 is 0 Å². The Morgan fingerprint density at radius 3 is 2.41 bits per heavy atom. The van der Waals surface area contributed by atoms with Gasteiger partial charge in [-0.2, -0.15) is 0 Å². The molecule has 3 rings (SSSR count). The summed E-state index contributed by atoms with van der Waals surface area (Å²) in [6, 6.07) is 13.1. The minimum atomic E-state index is -0.714. The Balaban J connectivity index is 2.05. The lowest BCUT2D eigenvalue weighted by atomic mass is 10.1. The summed E-state index contributed by atoms with van der Waals surface area (Å²) in [5, 5.41) is 3.71. The molecule has 0 saturated carbocycles. The summed E-state index contributed by atoms with van der Waals surface area (Å²) < 4.78 is 6.98. The number of carbonyl (C=O) groups is 2. The Bertz CT molecular complexity index is 1130. The van der Waals surface area contributed by atoms with Gasteiger partial charge in [0.15, 0.2) is 5.78 Å². The SMILES string of the molecule is CCC(C(=O)Nc1ccc(C(C)=O)cc1)n1c(=O)cc(C)c2cccc(OC)c21. The molecule has 0 bridgehead atoms. The van der Waals surface area contributed by atoms with Crippen molar-refractivity contribution in [3.8, 4) is 5.75 Å². The van der Waals surface area contributed by atoms with E-state index < -0.39 is 6.04 Å². The van der Waals surface area contributed by atoms with Crippen molar-refractivity contribution in [1.82, 2.24) is 4.57 Å². The van der Waals surface area contributed by atoms with Gasteiger partial charge in [0, 0.05) is 22.7 Å². The average molecular weight is 392 g/mol. The van der Waals surface area contributed by atoms with E-state index in [0.29, 0.717) is 28.9 Å². The number of ketones is 1. The maximum Gasteiger partial charge on any atom is 0.252 e. The van der Waals surface area contributed by atoms with Crippen LogP contribution < -0.4 is 15.6 Å². The fourth-order valence-corrected chi connectivity index (χ4v) is 3.50. The molecule has 3 aromatic rings. The number of nitrogens with zero attached hydrogens (tertiary/aromatic N) is 1. The van der Waals surface area contributed by atoms with Crippen LogP contribution in [0.15, 0.2) is 53.3 Å². The molecule has 1 aromatic heterocycles. The second-order valence-corrected chi connectivity index (χ2v) is 6.94. The van der Waals surface area contributed by atoms with Crippen molar-refractivity contribution in [3.63, 3.8) is 0 Å². The summed E-state index contributed by atoms with van der Waals surface area (Å²) in [6.07, 6.45) is 0.424. The van der Waals surface area contributed by atoms with Crippen molar-refractivity contribution in [1.29, 1.82) is 0 Å². The molecule has 0 saturated heterocycles. The predicted molar refractivity (Wildman–Crippen MR) is 114 cm³/mol. The van der Waals surface area contributed by atoms with Crippen LogP contribution in [0.1, 0.15) is 42.2 Å². The first kappa shape index (κ1) is 20.3. The van der Waals surface area contributed by atoms with Gasteiger partial charge < -0.3 is 10.1 Å². The first-order chi connectivity index (χ1) is 13.9. The Morgan fingerprint density at radius 1 is 1.14 bits per heavy atom. The van der Waals surface area contributed by atoms with Gasteiger partial charge in [-0.1, -0.05) is 19.1 Å². The van der Waals surface area contributed by atoms with E-state index in [4.69, 9.17) is 4.74 Å². The number of ether oxygens (including phenoxy) is 1. The fourth-order valence-electron chi connectivity index (χ4n) is 3.50. The smallest absolute Gasteiger partial charge is 0.252 e. The van der Waals surface area contributed by atoms with E-state index in [1.807, 2.05) is 26.0 Å². The van der Waals surface area contributed by atoms with Crippen LogP contribution in [0, 0.1) is 6.92 Å². The number of anilines is 1. The van der Waals surface area contributed by atoms with E-state index in [-0.39, 0.29) is 17.2 Å². The molecular formula is C23H24N2O4. The Kier molecular flexibility index (Phi) is 5.82. The summed E-state index contributed by atoms with van der Waals surface area (Å²) in [6.45, 7) is 5.21. The quantitative estimate of drug-likeness (QED) is 0.641. The summed E-state index contributed by atoms with van der Waals surface area (Å²) >= 11 is 0. The number of pyridine rings is 1. The molecule has 6 heteroatoms. The van der Waals surface area contributed by atoms with Crippen molar-refractivity contribution in [3.05, 3.63) is 70.0 Å². The molecule has 1 heterocycles. The van der Waals surface area contributed by atoms with Crippen LogP contribution in [-0.4, -0.2) is 23.4 Å². The number of hydrogen-bond donors (Lipinski definition) is 1. The number of benzene rings is 2. The van der Waals surface area contributed by atoms with Crippen molar-refractivity contribution < 1.29 is 14.3 Å². The molecule has 29 heavy (non-hydrogen) atoms. The first-order valence-corrected chi connectivity index (χ1v) is 9.48. The fraction of sp³-hybridized carbons (Fsp3) is 0.261. The van der Waals surface area contributed by atoms with Gasteiger partial charge in [0.1, 0.15) is 11.8 Å². The lowest BCUT2D eigenvalue weighted by Gasteiger charge is -2.22. The van der Waals surface area contributed by atoms with Crippen LogP contribution in [0.5, 0.6) is 5.75 Å². The highest BCUT2D eigenvalue weighted by Gasteiger charge is 2.24. The molecule has 0 spiro atoms. The zero-order chi connectivity index (χ0) is 21.1. The predicted octanol–water partition coefficient (Wildman–Crippen LogP) is 4.11. The minimum absolute atomic E-state index is 0.0425. The summed E-state index contributed by atoms with van der Waals surface area (Å²) in [5.74, 6) is 0.195. The second kappa shape index (κ2) is 8.31. The molecule has 6 nitrogen and oxygen atoms in total. The molecule has 1 amide bonds. The number of carbonyl (C=O) groups excluding carboxylic acids is 2. The van der Waals surface area contributed by atoms with Crippen molar-refractivity contribution >= 4 is 28.3 Å². The Labute approximate surface area is 169 Å². The molecule has 1 atom stereocenters. The molecule has 0 radical (unpaired) electrons. The van der Waals surface area contributed by atoms with Crippen molar-refractivity contribution in [2.24, 2.45) is 0 Å². The highest BCUT2D eigenvalue weighted by Crippen LogP contribution is 2.29. The molecule has 0 aliphatic carbocycles.